The number of nitrogens with one attached hydrogen (secondary N) is 1. The molecule has 154 valence electrons. The SMILES string of the molecule is C=CCOC(=O)c1ccc(Nc2ccc(N)c(OCC(C)C)c2OCC=C)cc1. The minimum Gasteiger partial charge on any atom is -0.487 e. The number of nitrogen functional groups attached to an aromatic ring is 1. The fourth-order valence-corrected chi connectivity index (χ4v) is 2.42. The van der Waals surface area contributed by atoms with E-state index in [0.29, 0.717) is 47.6 Å². The van der Waals surface area contributed by atoms with Crippen LogP contribution in [0.4, 0.5) is 17.1 Å². The molecule has 6 nitrogen and oxygen atoms in total. The molecule has 0 saturated carbocycles. The van der Waals surface area contributed by atoms with Gasteiger partial charge in [-0.25, -0.2) is 4.79 Å². The Labute approximate surface area is 172 Å². The van der Waals surface area contributed by atoms with Crippen molar-refractivity contribution < 1.29 is 19.0 Å². The van der Waals surface area contributed by atoms with Gasteiger partial charge in [0.1, 0.15) is 13.2 Å². The zero-order chi connectivity index (χ0) is 21.2. The first-order valence-corrected chi connectivity index (χ1v) is 9.40. The van der Waals surface area contributed by atoms with E-state index in [1.54, 1.807) is 36.4 Å². The van der Waals surface area contributed by atoms with Crippen molar-refractivity contribution in [1.82, 2.24) is 0 Å². The van der Waals surface area contributed by atoms with Crippen LogP contribution < -0.4 is 20.5 Å². The third-order valence-corrected chi connectivity index (χ3v) is 3.78. The number of nitrogens with two attached hydrogens (primary N) is 1. The molecule has 0 unspecified atom stereocenters. The highest BCUT2D eigenvalue weighted by atomic mass is 16.5. The molecule has 3 N–H and O–H groups in total. The van der Waals surface area contributed by atoms with Crippen LogP contribution in [0.15, 0.2) is 61.7 Å². The fourth-order valence-electron chi connectivity index (χ4n) is 2.42. The zero-order valence-electron chi connectivity index (χ0n) is 16.9. The molecule has 29 heavy (non-hydrogen) atoms. The van der Waals surface area contributed by atoms with Crippen LogP contribution in [0.3, 0.4) is 0 Å². The summed E-state index contributed by atoms with van der Waals surface area (Å²) >= 11 is 0. The third kappa shape index (κ3) is 6.31. The molecule has 0 saturated heterocycles. The highest BCUT2D eigenvalue weighted by molar-refractivity contribution is 5.90. The van der Waals surface area contributed by atoms with Crippen LogP contribution in [0.2, 0.25) is 0 Å². The van der Waals surface area contributed by atoms with Crippen LogP contribution in [0.25, 0.3) is 0 Å². The molecular weight excluding hydrogens is 368 g/mol. The van der Waals surface area contributed by atoms with Crippen LogP contribution in [-0.2, 0) is 4.74 Å². The summed E-state index contributed by atoms with van der Waals surface area (Å²) < 4.78 is 16.8. The lowest BCUT2D eigenvalue weighted by molar-refractivity contribution is 0.0550. The van der Waals surface area contributed by atoms with Crippen LogP contribution in [0.1, 0.15) is 24.2 Å². The molecular formula is C23H28N2O4. The normalized spacial score (nSPS) is 10.3. The molecule has 0 aliphatic carbocycles. The van der Waals surface area contributed by atoms with E-state index in [4.69, 9.17) is 19.9 Å². The zero-order valence-corrected chi connectivity index (χ0v) is 16.9. The average Bonchev–Trinajstić information content (AvgIpc) is 2.71. The van der Waals surface area contributed by atoms with Crippen molar-refractivity contribution in [2.24, 2.45) is 5.92 Å². The second-order valence-corrected chi connectivity index (χ2v) is 6.75. The second-order valence-electron chi connectivity index (χ2n) is 6.75. The predicted molar refractivity (Wildman–Crippen MR) is 117 cm³/mol. The largest absolute Gasteiger partial charge is 0.487 e. The van der Waals surface area contributed by atoms with Crippen molar-refractivity contribution in [2.45, 2.75) is 13.8 Å². The maximum absolute atomic E-state index is 11.9. The minimum atomic E-state index is -0.400. The Bertz CT molecular complexity index is 845. The first kappa shape index (κ1) is 21.9. The lowest BCUT2D eigenvalue weighted by Crippen LogP contribution is -2.09. The summed E-state index contributed by atoms with van der Waals surface area (Å²) in [4.78, 5) is 11.9. The van der Waals surface area contributed by atoms with E-state index in [9.17, 15) is 4.79 Å². The summed E-state index contributed by atoms with van der Waals surface area (Å²) in [5.41, 5.74) is 8.54. The Balaban J connectivity index is 2.26. The quantitative estimate of drug-likeness (QED) is 0.317. The Kier molecular flexibility index (Phi) is 8.15. The number of benzene rings is 2. The Hall–Kier alpha value is -3.41. The number of carbonyl (C=O) groups is 1. The number of rotatable bonds is 11. The summed E-state index contributed by atoms with van der Waals surface area (Å²) in [6.07, 6.45) is 3.18. The monoisotopic (exact) mass is 396 g/mol. The van der Waals surface area contributed by atoms with E-state index in [1.165, 1.54) is 6.08 Å². The fraction of sp³-hybridized carbons (Fsp3) is 0.261. The first-order chi connectivity index (χ1) is 14.0. The lowest BCUT2D eigenvalue weighted by Gasteiger charge is -2.19. The number of ether oxygens (including phenoxy) is 3. The molecule has 0 amide bonds. The predicted octanol–water partition coefficient (Wildman–Crippen LogP) is 4.95. The van der Waals surface area contributed by atoms with Gasteiger partial charge in [-0.15, -0.1) is 0 Å². The van der Waals surface area contributed by atoms with E-state index >= 15 is 0 Å². The number of esters is 1. The van der Waals surface area contributed by atoms with E-state index in [-0.39, 0.29) is 6.61 Å². The summed E-state index contributed by atoms with van der Waals surface area (Å²) in [5, 5.41) is 3.28. The van der Waals surface area contributed by atoms with Crippen molar-refractivity contribution in [3.63, 3.8) is 0 Å². The molecule has 0 aliphatic heterocycles. The van der Waals surface area contributed by atoms with Crippen molar-refractivity contribution in [2.75, 3.05) is 30.9 Å². The van der Waals surface area contributed by atoms with Crippen LogP contribution >= 0.6 is 0 Å². The van der Waals surface area contributed by atoms with E-state index < -0.39 is 5.97 Å². The first-order valence-electron chi connectivity index (χ1n) is 9.40. The molecule has 2 aromatic rings. The van der Waals surface area contributed by atoms with Crippen LogP contribution in [0, 0.1) is 5.92 Å². The van der Waals surface area contributed by atoms with Crippen LogP contribution in [0.5, 0.6) is 11.5 Å². The third-order valence-electron chi connectivity index (χ3n) is 3.78. The highest BCUT2D eigenvalue weighted by Gasteiger charge is 2.16. The number of carbonyl (C=O) groups excluding carboxylic acids is 1. The van der Waals surface area contributed by atoms with Gasteiger partial charge in [-0.3, -0.25) is 0 Å². The van der Waals surface area contributed by atoms with Gasteiger partial charge in [0.05, 0.1) is 23.5 Å². The lowest BCUT2D eigenvalue weighted by atomic mass is 10.2. The van der Waals surface area contributed by atoms with E-state index in [2.05, 4.69) is 32.3 Å². The molecule has 0 spiro atoms. The molecule has 2 rings (SSSR count). The van der Waals surface area contributed by atoms with Gasteiger partial charge in [-0.1, -0.05) is 39.2 Å². The number of anilines is 3. The van der Waals surface area contributed by atoms with Gasteiger partial charge in [-0.05, 0) is 42.3 Å². The summed E-state index contributed by atoms with van der Waals surface area (Å²) in [6.45, 7) is 12.3. The van der Waals surface area contributed by atoms with Gasteiger partial charge in [0.25, 0.3) is 0 Å². The smallest absolute Gasteiger partial charge is 0.338 e. The molecule has 0 bridgehead atoms. The standard InChI is InChI=1S/C23H28N2O4/c1-5-13-27-22-20(12-11-19(24)21(22)29-15-16(3)4)25-18-9-7-17(8-10-18)23(26)28-14-6-2/h5-12,16,25H,1-2,13-15,24H2,3-4H3. The van der Waals surface area contributed by atoms with Crippen molar-refractivity contribution in [3.05, 3.63) is 67.3 Å². The van der Waals surface area contributed by atoms with Crippen molar-refractivity contribution >= 4 is 23.0 Å². The van der Waals surface area contributed by atoms with Gasteiger partial charge in [-0.2, -0.15) is 0 Å². The number of hydrogen-bond acceptors (Lipinski definition) is 6. The van der Waals surface area contributed by atoms with E-state index in [0.717, 1.165) is 5.69 Å². The molecule has 0 atom stereocenters. The molecule has 0 aliphatic rings. The van der Waals surface area contributed by atoms with Crippen molar-refractivity contribution in [3.8, 4) is 11.5 Å². The number of hydrogen-bond donors (Lipinski definition) is 2. The molecule has 0 heterocycles. The molecule has 2 aromatic carbocycles. The Morgan fingerprint density at radius 3 is 2.34 bits per heavy atom. The second kappa shape index (κ2) is 10.8. The summed E-state index contributed by atoms with van der Waals surface area (Å²) in [7, 11) is 0. The van der Waals surface area contributed by atoms with Gasteiger partial charge >= 0.3 is 5.97 Å². The molecule has 0 aromatic heterocycles. The molecule has 0 radical (unpaired) electrons. The highest BCUT2D eigenvalue weighted by Crippen LogP contribution is 2.41. The van der Waals surface area contributed by atoms with Gasteiger partial charge < -0.3 is 25.3 Å². The summed E-state index contributed by atoms with van der Waals surface area (Å²) in [5.74, 6) is 0.949. The van der Waals surface area contributed by atoms with E-state index in [1.807, 2.05) is 6.07 Å². The minimum absolute atomic E-state index is 0.174. The van der Waals surface area contributed by atoms with Crippen molar-refractivity contribution in [1.29, 1.82) is 0 Å². The van der Waals surface area contributed by atoms with Gasteiger partial charge in [0.2, 0.25) is 0 Å². The maximum Gasteiger partial charge on any atom is 0.338 e. The van der Waals surface area contributed by atoms with Gasteiger partial charge in [0.15, 0.2) is 11.5 Å². The Morgan fingerprint density at radius 1 is 1.03 bits per heavy atom. The molecule has 6 heteroatoms. The Morgan fingerprint density at radius 2 is 1.72 bits per heavy atom. The summed E-state index contributed by atoms with van der Waals surface area (Å²) in [6, 6.07) is 10.5. The maximum atomic E-state index is 11.9. The van der Waals surface area contributed by atoms with Crippen LogP contribution in [-0.4, -0.2) is 25.8 Å². The van der Waals surface area contributed by atoms with Gasteiger partial charge in [0, 0.05) is 5.69 Å². The average molecular weight is 396 g/mol. The topological polar surface area (TPSA) is 82.8 Å². The molecule has 0 fully saturated rings.